The number of thiazole rings is 1. The highest BCUT2D eigenvalue weighted by atomic mass is 32.1. The van der Waals surface area contributed by atoms with Crippen molar-refractivity contribution in [2.75, 3.05) is 54.8 Å². The van der Waals surface area contributed by atoms with Crippen LogP contribution in [0.2, 0.25) is 0 Å². The summed E-state index contributed by atoms with van der Waals surface area (Å²) in [6, 6.07) is 18.8. The van der Waals surface area contributed by atoms with Gasteiger partial charge in [-0.25, -0.2) is 14.4 Å². The number of amides is 4. The van der Waals surface area contributed by atoms with Gasteiger partial charge in [-0.2, -0.15) is 0 Å². The number of anilines is 3. The second kappa shape index (κ2) is 17.1. The maximum atomic E-state index is 16.0. The summed E-state index contributed by atoms with van der Waals surface area (Å²) in [4.78, 5) is 69.4. The Kier molecular flexibility index (Phi) is 11.0. The van der Waals surface area contributed by atoms with Crippen molar-refractivity contribution >= 4 is 51.5 Å². The standard InChI is InChI=1S/C46H49FN10O4S/c47-37-25-31(24-35-36(37)27-57(45(35)61)42(44(60)52-46-48-15-23-62-46)41-39-2-1-16-56(39)28-49-41)30-5-9-33(10-6-30)54-19-21-55(22-20-54)34-13-17-53(18-14-34)26-29-3-7-32(8-4-29)50-38-11-12-40(58)51-43(38)59/h3-10,15,23-25,28,34,38,42,50H,1-2,11-14,16-22,26-27H2,(H,48,52,60)(H,51,58,59). The summed E-state index contributed by atoms with van der Waals surface area (Å²) in [6.07, 6.45) is 8.14. The molecule has 3 aromatic carbocycles. The van der Waals surface area contributed by atoms with E-state index in [0.717, 1.165) is 101 Å². The molecule has 3 fully saturated rings. The molecule has 2 unspecified atom stereocenters. The molecule has 5 aliphatic heterocycles. The Morgan fingerprint density at radius 1 is 0.887 bits per heavy atom. The highest BCUT2D eigenvalue weighted by molar-refractivity contribution is 7.13. The number of piperazine rings is 1. The molecule has 320 valence electrons. The van der Waals surface area contributed by atoms with Gasteiger partial charge in [0.1, 0.15) is 11.9 Å². The first-order valence-electron chi connectivity index (χ1n) is 21.6. The van der Waals surface area contributed by atoms with E-state index in [1.807, 2.05) is 28.8 Å². The Balaban J connectivity index is 0.731. The molecular weight excluding hydrogens is 808 g/mol. The summed E-state index contributed by atoms with van der Waals surface area (Å²) in [5, 5.41) is 10.7. The van der Waals surface area contributed by atoms with Crippen LogP contribution in [0.4, 0.5) is 20.9 Å². The second-order valence-electron chi connectivity index (χ2n) is 16.9. The molecule has 7 heterocycles. The Morgan fingerprint density at radius 2 is 1.68 bits per heavy atom. The lowest BCUT2D eigenvalue weighted by molar-refractivity contribution is -0.133. The first-order chi connectivity index (χ1) is 30.2. The van der Waals surface area contributed by atoms with Crippen LogP contribution in [-0.4, -0.2) is 104 Å². The molecule has 62 heavy (non-hydrogen) atoms. The monoisotopic (exact) mass is 856 g/mol. The summed E-state index contributed by atoms with van der Waals surface area (Å²) in [5.74, 6) is -1.76. The van der Waals surface area contributed by atoms with Gasteiger partial charge < -0.3 is 19.7 Å². The zero-order valence-electron chi connectivity index (χ0n) is 34.4. The van der Waals surface area contributed by atoms with Crippen LogP contribution in [0, 0.1) is 5.82 Å². The minimum atomic E-state index is -1.03. The van der Waals surface area contributed by atoms with E-state index in [0.29, 0.717) is 35.3 Å². The van der Waals surface area contributed by atoms with Crippen molar-refractivity contribution in [3.8, 4) is 11.1 Å². The van der Waals surface area contributed by atoms with Gasteiger partial charge in [0, 0.05) is 91.5 Å². The van der Waals surface area contributed by atoms with Crippen molar-refractivity contribution in [3.63, 3.8) is 0 Å². The predicted octanol–water partition coefficient (Wildman–Crippen LogP) is 5.43. The van der Waals surface area contributed by atoms with Gasteiger partial charge in [-0.3, -0.25) is 39.6 Å². The Morgan fingerprint density at radius 3 is 2.42 bits per heavy atom. The molecule has 3 N–H and O–H groups in total. The van der Waals surface area contributed by atoms with Gasteiger partial charge in [-0.05, 0) is 98.3 Å². The van der Waals surface area contributed by atoms with Crippen molar-refractivity contribution in [3.05, 3.63) is 112 Å². The minimum absolute atomic E-state index is 0.0317. The zero-order chi connectivity index (χ0) is 42.3. The molecule has 16 heteroatoms. The van der Waals surface area contributed by atoms with Crippen LogP contribution >= 0.6 is 11.3 Å². The number of likely N-dealkylation sites (tertiary alicyclic amines) is 1. The average Bonchev–Trinajstić information content (AvgIpc) is 4.11. The maximum Gasteiger partial charge on any atom is 0.255 e. The third-order valence-corrected chi connectivity index (χ3v) is 13.9. The van der Waals surface area contributed by atoms with Crippen LogP contribution in [-0.2, 0) is 40.4 Å². The van der Waals surface area contributed by atoms with Gasteiger partial charge in [-0.15, -0.1) is 11.3 Å². The molecular formula is C46H49FN10O4S. The van der Waals surface area contributed by atoms with Gasteiger partial charge in [0.05, 0.1) is 18.6 Å². The molecule has 5 aliphatic rings. The van der Waals surface area contributed by atoms with Gasteiger partial charge in [-0.1, -0.05) is 24.3 Å². The third-order valence-electron chi connectivity index (χ3n) is 13.2. The second-order valence-corrected chi connectivity index (χ2v) is 17.8. The summed E-state index contributed by atoms with van der Waals surface area (Å²) in [5.41, 5.74) is 6.68. The predicted molar refractivity (Wildman–Crippen MR) is 234 cm³/mol. The first-order valence-corrected chi connectivity index (χ1v) is 22.5. The number of benzene rings is 3. The quantitative estimate of drug-likeness (QED) is 0.147. The molecule has 2 atom stereocenters. The molecule has 0 spiro atoms. The third kappa shape index (κ3) is 8.09. The molecule has 10 rings (SSSR count). The Bertz CT molecular complexity index is 2480. The molecule has 0 aliphatic carbocycles. The van der Waals surface area contributed by atoms with Crippen LogP contribution in [0.5, 0.6) is 0 Å². The zero-order valence-corrected chi connectivity index (χ0v) is 35.2. The van der Waals surface area contributed by atoms with E-state index in [4.69, 9.17) is 0 Å². The van der Waals surface area contributed by atoms with E-state index in [1.165, 1.54) is 27.9 Å². The summed E-state index contributed by atoms with van der Waals surface area (Å²) in [7, 11) is 0. The van der Waals surface area contributed by atoms with Crippen molar-refractivity contribution in [2.45, 2.75) is 76.3 Å². The van der Waals surface area contributed by atoms with E-state index < -0.39 is 23.7 Å². The number of rotatable bonds is 11. The summed E-state index contributed by atoms with van der Waals surface area (Å²) < 4.78 is 18.0. The Hall–Kier alpha value is -5.97. The van der Waals surface area contributed by atoms with Gasteiger partial charge in [0.2, 0.25) is 11.8 Å². The van der Waals surface area contributed by atoms with Gasteiger partial charge >= 0.3 is 0 Å². The van der Waals surface area contributed by atoms with Crippen LogP contribution in [0.3, 0.4) is 0 Å². The molecule has 0 bridgehead atoms. The number of halogens is 1. The number of piperidine rings is 2. The topological polar surface area (TPSA) is 148 Å². The fourth-order valence-corrected chi connectivity index (χ4v) is 10.3. The molecule has 5 aromatic rings. The lowest BCUT2D eigenvalue weighted by Crippen LogP contribution is -2.53. The van der Waals surface area contributed by atoms with Crippen LogP contribution in [0.1, 0.15) is 71.0 Å². The van der Waals surface area contributed by atoms with E-state index in [9.17, 15) is 19.2 Å². The largest absolute Gasteiger partial charge is 0.374 e. The highest BCUT2D eigenvalue weighted by Gasteiger charge is 2.42. The summed E-state index contributed by atoms with van der Waals surface area (Å²) >= 11 is 1.29. The number of fused-ring (bicyclic) bond motifs is 2. The van der Waals surface area contributed by atoms with Crippen molar-refractivity contribution < 1.29 is 23.6 Å². The number of nitrogens with one attached hydrogen (secondary N) is 3. The van der Waals surface area contributed by atoms with Gasteiger partial charge in [0.15, 0.2) is 11.2 Å². The fourth-order valence-electron chi connectivity index (χ4n) is 9.81. The molecule has 0 radical (unpaired) electrons. The molecule has 2 aromatic heterocycles. The number of carbonyl (C=O) groups is 4. The van der Waals surface area contributed by atoms with E-state index in [1.54, 1.807) is 24.0 Å². The van der Waals surface area contributed by atoms with Crippen LogP contribution in [0.15, 0.2) is 78.6 Å². The molecule has 14 nitrogen and oxygen atoms in total. The van der Waals surface area contributed by atoms with Crippen molar-refractivity contribution in [1.29, 1.82) is 0 Å². The number of hydrogen-bond donors (Lipinski definition) is 3. The minimum Gasteiger partial charge on any atom is -0.374 e. The average molecular weight is 857 g/mol. The first kappa shape index (κ1) is 40.1. The highest BCUT2D eigenvalue weighted by Crippen LogP contribution is 2.38. The number of aryl methyl sites for hydroxylation is 1. The normalized spacial score (nSPS) is 20.3. The SMILES string of the molecule is O=C1CCC(Nc2ccc(CN3CCC(N4CCN(c5ccc(-c6cc(F)c7c(c6)C(=O)N(C(C(=O)Nc6nccs6)c6ncn8c6CCC8)C7)cc5)CC4)CC3)cc2)C(=O)N1. The lowest BCUT2D eigenvalue weighted by atomic mass is 9.99. The van der Waals surface area contributed by atoms with Crippen molar-refractivity contribution in [1.82, 2.24) is 34.6 Å². The number of hydrogen-bond acceptors (Lipinski definition) is 11. The molecule has 3 saturated heterocycles. The molecule has 4 amide bonds. The lowest BCUT2D eigenvalue weighted by Gasteiger charge is -2.43. The number of aromatic nitrogens is 3. The smallest absolute Gasteiger partial charge is 0.255 e. The van der Waals surface area contributed by atoms with E-state index in [-0.39, 0.29) is 35.5 Å². The molecule has 0 saturated carbocycles. The van der Waals surface area contributed by atoms with Crippen molar-refractivity contribution in [2.24, 2.45) is 0 Å². The number of carbonyl (C=O) groups excluding carboxylic acids is 4. The Labute approximate surface area is 363 Å². The van der Waals surface area contributed by atoms with Crippen LogP contribution in [0.25, 0.3) is 11.1 Å². The number of imide groups is 1. The van der Waals surface area contributed by atoms with Gasteiger partial charge in [0.25, 0.3) is 11.8 Å². The van der Waals surface area contributed by atoms with Crippen LogP contribution < -0.4 is 20.9 Å². The fraction of sp³-hybridized carbons (Fsp3) is 0.391. The van der Waals surface area contributed by atoms with E-state index >= 15 is 4.39 Å². The summed E-state index contributed by atoms with van der Waals surface area (Å²) in [6.45, 7) is 7.60. The number of imidazole rings is 1. The van der Waals surface area contributed by atoms with E-state index in [2.05, 4.69) is 64.9 Å². The maximum absolute atomic E-state index is 16.0. The number of nitrogens with zero attached hydrogens (tertiary/aromatic N) is 7.